The highest BCUT2D eigenvalue weighted by Gasteiger charge is 2.04. The van der Waals surface area contributed by atoms with Crippen molar-refractivity contribution >= 4 is 11.9 Å². The molecule has 0 aliphatic heterocycles. The molecule has 0 saturated heterocycles. The third-order valence-corrected chi connectivity index (χ3v) is 3.50. The van der Waals surface area contributed by atoms with Crippen molar-refractivity contribution in [2.24, 2.45) is 4.99 Å². The number of hydrogen-bond acceptors (Lipinski definition) is 3. The van der Waals surface area contributed by atoms with Gasteiger partial charge in [-0.3, -0.25) is 4.99 Å². The number of ether oxygens (including phenoxy) is 2. The Balaban J connectivity index is 2.18. The quantitative estimate of drug-likeness (QED) is 0.713. The molecule has 0 spiro atoms. The van der Waals surface area contributed by atoms with E-state index in [1.807, 2.05) is 30.5 Å². The predicted molar refractivity (Wildman–Crippen MR) is 92.0 cm³/mol. The van der Waals surface area contributed by atoms with Crippen LogP contribution in [0.4, 0.5) is 5.69 Å². The van der Waals surface area contributed by atoms with Gasteiger partial charge in [-0.05, 0) is 67.3 Å². The fourth-order valence-corrected chi connectivity index (χ4v) is 2.05. The molecule has 0 radical (unpaired) electrons. The lowest BCUT2D eigenvalue weighted by Gasteiger charge is -2.10. The summed E-state index contributed by atoms with van der Waals surface area (Å²) in [5.74, 6) is 1.50. The summed E-state index contributed by atoms with van der Waals surface area (Å²) in [5.41, 5.74) is 4.46. The lowest BCUT2D eigenvalue weighted by molar-refractivity contribution is 0.294. The van der Waals surface area contributed by atoms with Gasteiger partial charge in [0.1, 0.15) is 0 Å². The van der Waals surface area contributed by atoms with Crippen LogP contribution in [-0.2, 0) is 0 Å². The first-order valence-electron chi connectivity index (χ1n) is 7.56. The predicted octanol–water partition coefficient (Wildman–Crippen LogP) is 4.85. The standard InChI is InChI=1S/C19H23NO2/c1-5-10-22-18-9-7-16(12-19(18)21-4)13-20-17-8-6-14(2)15(3)11-17/h6-9,11-13H,5,10H2,1-4H3. The van der Waals surface area contributed by atoms with Crippen molar-refractivity contribution in [3.05, 3.63) is 53.1 Å². The molecular weight excluding hydrogens is 274 g/mol. The fourth-order valence-electron chi connectivity index (χ4n) is 2.05. The van der Waals surface area contributed by atoms with E-state index in [1.54, 1.807) is 7.11 Å². The summed E-state index contributed by atoms with van der Waals surface area (Å²) in [4.78, 5) is 4.52. The Kier molecular flexibility index (Phi) is 5.59. The molecule has 0 aliphatic carbocycles. The van der Waals surface area contributed by atoms with Crippen molar-refractivity contribution in [2.75, 3.05) is 13.7 Å². The van der Waals surface area contributed by atoms with Crippen molar-refractivity contribution < 1.29 is 9.47 Å². The van der Waals surface area contributed by atoms with Crippen LogP contribution in [0.5, 0.6) is 11.5 Å². The van der Waals surface area contributed by atoms with Crippen LogP contribution in [0.3, 0.4) is 0 Å². The second-order valence-corrected chi connectivity index (χ2v) is 5.29. The third kappa shape index (κ3) is 4.10. The highest BCUT2D eigenvalue weighted by Crippen LogP contribution is 2.28. The lowest BCUT2D eigenvalue weighted by Crippen LogP contribution is -1.98. The van der Waals surface area contributed by atoms with E-state index >= 15 is 0 Å². The second kappa shape index (κ2) is 7.64. The van der Waals surface area contributed by atoms with Crippen LogP contribution in [0.15, 0.2) is 41.4 Å². The van der Waals surface area contributed by atoms with Crippen LogP contribution in [0.25, 0.3) is 0 Å². The molecule has 3 heteroatoms. The van der Waals surface area contributed by atoms with Crippen molar-refractivity contribution in [3.8, 4) is 11.5 Å². The number of aryl methyl sites for hydroxylation is 2. The maximum Gasteiger partial charge on any atom is 0.161 e. The third-order valence-electron chi connectivity index (χ3n) is 3.50. The Hall–Kier alpha value is -2.29. The van der Waals surface area contributed by atoms with Gasteiger partial charge in [-0.1, -0.05) is 13.0 Å². The topological polar surface area (TPSA) is 30.8 Å². The van der Waals surface area contributed by atoms with Gasteiger partial charge in [0, 0.05) is 6.21 Å². The van der Waals surface area contributed by atoms with Crippen LogP contribution in [0, 0.1) is 13.8 Å². The van der Waals surface area contributed by atoms with Gasteiger partial charge in [-0.2, -0.15) is 0 Å². The second-order valence-electron chi connectivity index (χ2n) is 5.29. The molecule has 0 saturated carbocycles. The van der Waals surface area contributed by atoms with Crippen molar-refractivity contribution in [2.45, 2.75) is 27.2 Å². The summed E-state index contributed by atoms with van der Waals surface area (Å²) in [6.07, 6.45) is 2.81. The van der Waals surface area contributed by atoms with Gasteiger partial charge in [0.2, 0.25) is 0 Å². The SMILES string of the molecule is CCCOc1ccc(C=Nc2ccc(C)c(C)c2)cc1OC. The molecule has 0 atom stereocenters. The zero-order valence-corrected chi connectivity index (χ0v) is 13.7. The van der Waals surface area contributed by atoms with Gasteiger partial charge in [0.25, 0.3) is 0 Å². The average Bonchev–Trinajstić information content (AvgIpc) is 2.54. The van der Waals surface area contributed by atoms with E-state index < -0.39 is 0 Å². The van der Waals surface area contributed by atoms with E-state index in [1.165, 1.54) is 11.1 Å². The van der Waals surface area contributed by atoms with Gasteiger partial charge < -0.3 is 9.47 Å². The van der Waals surface area contributed by atoms with Crippen LogP contribution >= 0.6 is 0 Å². The summed E-state index contributed by atoms with van der Waals surface area (Å²) in [7, 11) is 1.65. The number of nitrogens with zero attached hydrogens (tertiary/aromatic N) is 1. The lowest BCUT2D eigenvalue weighted by atomic mass is 10.1. The van der Waals surface area contributed by atoms with E-state index in [4.69, 9.17) is 9.47 Å². The van der Waals surface area contributed by atoms with Crippen molar-refractivity contribution in [1.29, 1.82) is 0 Å². The molecule has 3 nitrogen and oxygen atoms in total. The van der Waals surface area contributed by atoms with Gasteiger partial charge in [0.15, 0.2) is 11.5 Å². The smallest absolute Gasteiger partial charge is 0.161 e. The monoisotopic (exact) mass is 297 g/mol. The van der Waals surface area contributed by atoms with Gasteiger partial charge in [-0.15, -0.1) is 0 Å². The zero-order valence-electron chi connectivity index (χ0n) is 13.7. The molecule has 0 N–H and O–H groups in total. The fraction of sp³-hybridized carbons (Fsp3) is 0.316. The highest BCUT2D eigenvalue weighted by molar-refractivity contribution is 5.83. The Morgan fingerprint density at radius 3 is 2.50 bits per heavy atom. The molecule has 2 rings (SSSR count). The largest absolute Gasteiger partial charge is 0.493 e. The minimum absolute atomic E-state index is 0.687. The average molecular weight is 297 g/mol. The van der Waals surface area contributed by atoms with Gasteiger partial charge in [0.05, 0.1) is 19.4 Å². The van der Waals surface area contributed by atoms with E-state index in [2.05, 4.69) is 37.9 Å². The van der Waals surface area contributed by atoms with Gasteiger partial charge in [-0.25, -0.2) is 0 Å². The molecule has 0 unspecified atom stereocenters. The number of benzene rings is 2. The van der Waals surface area contributed by atoms with E-state index in [0.29, 0.717) is 6.61 Å². The maximum atomic E-state index is 5.65. The zero-order chi connectivity index (χ0) is 15.9. The highest BCUT2D eigenvalue weighted by atomic mass is 16.5. The Bertz CT molecular complexity index is 662. The molecule has 2 aromatic carbocycles. The molecule has 2 aromatic rings. The first kappa shape index (κ1) is 16.1. The van der Waals surface area contributed by atoms with E-state index in [0.717, 1.165) is 29.2 Å². The molecule has 0 amide bonds. The molecular formula is C19H23NO2. The summed E-state index contributed by atoms with van der Waals surface area (Å²) in [5, 5.41) is 0. The van der Waals surface area contributed by atoms with Crippen LogP contribution in [0.2, 0.25) is 0 Å². The summed E-state index contributed by atoms with van der Waals surface area (Å²) >= 11 is 0. The van der Waals surface area contributed by atoms with Crippen LogP contribution < -0.4 is 9.47 Å². The Labute approximate surface area is 132 Å². The number of hydrogen-bond donors (Lipinski definition) is 0. The normalized spacial score (nSPS) is 10.9. The van der Waals surface area contributed by atoms with Crippen molar-refractivity contribution in [3.63, 3.8) is 0 Å². The molecule has 116 valence electrons. The molecule has 0 fully saturated rings. The number of rotatable bonds is 6. The van der Waals surface area contributed by atoms with Crippen LogP contribution in [-0.4, -0.2) is 19.9 Å². The molecule has 22 heavy (non-hydrogen) atoms. The van der Waals surface area contributed by atoms with Crippen LogP contribution in [0.1, 0.15) is 30.0 Å². The van der Waals surface area contributed by atoms with E-state index in [-0.39, 0.29) is 0 Å². The molecule has 0 bridgehead atoms. The number of methoxy groups -OCH3 is 1. The number of aliphatic imine (C=N–C) groups is 1. The minimum atomic E-state index is 0.687. The molecule has 0 heterocycles. The summed E-state index contributed by atoms with van der Waals surface area (Å²) in [6, 6.07) is 12.0. The molecule has 0 aromatic heterocycles. The Morgan fingerprint density at radius 1 is 1.00 bits per heavy atom. The first-order chi connectivity index (χ1) is 10.6. The summed E-state index contributed by atoms with van der Waals surface area (Å²) in [6.45, 7) is 6.96. The van der Waals surface area contributed by atoms with Crippen molar-refractivity contribution in [1.82, 2.24) is 0 Å². The maximum absolute atomic E-state index is 5.65. The minimum Gasteiger partial charge on any atom is -0.493 e. The van der Waals surface area contributed by atoms with E-state index in [9.17, 15) is 0 Å². The molecule has 0 aliphatic rings. The first-order valence-corrected chi connectivity index (χ1v) is 7.56. The Morgan fingerprint density at radius 2 is 1.82 bits per heavy atom. The summed E-state index contributed by atoms with van der Waals surface area (Å²) < 4.78 is 11.0. The van der Waals surface area contributed by atoms with Gasteiger partial charge >= 0.3 is 0 Å².